The smallest absolute Gasteiger partial charge is 0.268 e. The number of nitrogens with zero attached hydrogens (tertiary/aromatic N) is 1. The van der Waals surface area contributed by atoms with Gasteiger partial charge in [0.05, 0.1) is 16.1 Å². The molecule has 0 spiro atoms. The number of carbonyl (C=O) groups is 2. The van der Waals surface area contributed by atoms with Crippen LogP contribution in [0, 0.1) is 6.92 Å². The number of hydrogen-bond acceptors (Lipinski definition) is 3. The van der Waals surface area contributed by atoms with Crippen LogP contribution in [0.4, 0.5) is 5.69 Å². The van der Waals surface area contributed by atoms with Crippen molar-refractivity contribution in [3.05, 3.63) is 87.6 Å². The molecule has 2 aromatic carbocycles. The van der Waals surface area contributed by atoms with Crippen molar-refractivity contribution in [3.8, 4) is 0 Å². The van der Waals surface area contributed by atoms with E-state index in [-0.39, 0.29) is 11.8 Å². The van der Waals surface area contributed by atoms with E-state index in [1.807, 2.05) is 48.7 Å². The van der Waals surface area contributed by atoms with E-state index in [9.17, 15) is 9.59 Å². The molecule has 0 aliphatic carbocycles. The van der Waals surface area contributed by atoms with Crippen molar-refractivity contribution < 1.29 is 9.59 Å². The Hall–Kier alpha value is -2.92. The van der Waals surface area contributed by atoms with Crippen molar-refractivity contribution in [1.29, 1.82) is 0 Å². The summed E-state index contributed by atoms with van der Waals surface area (Å²) in [7, 11) is 1.69. The fourth-order valence-electron chi connectivity index (χ4n) is 2.73. The minimum absolute atomic E-state index is 0.126. The molecule has 0 radical (unpaired) electrons. The normalized spacial score (nSPS) is 10.4. The predicted molar refractivity (Wildman–Crippen MR) is 106 cm³/mol. The van der Waals surface area contributed by atoms with Crippen LogP contribution in [-0.2, 0) is 6.54 Å². The van der Waals surface area contributed by atoms with E-state index >= 15 is 0 Å². The van der Waals surface area contributed by atoms with Gasteiger partial charge in [-0.2, -0.15) is 0 Å². The summed E-state index contributed by atoms with van der Waals surface area (Å²) >= 11 is 1.39. The van der Waals surface area contributed by atoms with Gasteiger partial charge in [0, 0.05) is 13.6 Å². The number of amides is 2. The molecule has 3 aromatic rings. The summed E-state index contributed by atoms with van der Waals surface area (Å²) in [5, 5.41) is 4.80. The molecule has 4 nitrogen and oxygen atoms in total. The monoisotopic (exact) mass is 364 g/mol. The fraction of sp³-hybridized carbons (Fsp3) is 0.143. The van der Waals surface area contributed by atoms with Crippen LogP contribution in [0.3, 0.4) is 0 Å². The molecule has 2 amide bonds. The Morgan fingerprint density at radius 1 is 1.04 bits per heavy atom. The maximum absolute atomic E-state index is 12.7. The van der Waals surface area contributed by atoms with Gasteiger partial charge in [-0.05, 0) is 36.1 Å². The number of anilines is 1. The van der Waals surface area contributed by atoms with Crippen molar-refractivity contribution in [1.82, 2.24) is 5.32 Å². The van der Waals surface area contributed by atoms with E-state index in [2.05, 4.69) is 5.32 Å². The van der Waals surface area contributed by atoms with Gasteiger partial charge in [0.15, 0.2) is 0 Å². The van der Waals surface area contributed by atoms with Gasteiger partial charge in [-0.1, -0.05) is 48.0 Å². The van der Waals surface area contributed by atoms with Crippen molar-refractivity contribution in [2.75, 3.05) is 11.9 Å². The Kier molecular flexibility index (Phi) is 5.49. The molecule has 132 valence electrons. The summed E-state index contributed by atoms with van der Waals surface area (Å²) < 4.78 is 0. The fourth-order valence-corrected chi connectivity index (χ4v) is 3.43. The third-order valence-corrected chi connectivity index (χ3v) is 4.94. The van der Waals surface area contributed by atoms with Crippen LogP contribution in [0.1, 0.15) is 31.2 Å². The Bertz CT molecular complexity index is 919. The molecule has 1 aromatic heterocycles. The molecule has 26 heavy (non-hydrogen) atoms. The van der Waals surface area contributed by atoms with Crippen LogP contribution in [-0.4, -0.2) is 18.9 Å². The highest BCUT2D eigenvalue weighted by atomic mass is 32.1. The highest BCUT2D eigenvalue weighted by Gasteiger charge is 2.20. The topological polar surface area (TPSA) is 49.4 Å². The number of aryl methyl sites for hydroxylation is 1. The van der Waals surface area contributed by atoms with Gasteiger partial charge in [-0.3, -0.25) is 9.59 Å². The maximum Gasteiger partial charge on any atom is 0.268 e. The van der Waals surface area contributed by atoms with Crippen LogP contribution in [0.2, 0.25) is 0 Å². The van der Waals surface area contributed by atoms with Gasteiger partial charge in [0.1, 0.15) is 0 Å². The minimum Gasteiger partial charge on any atom is -0.348 e. The molecule has 0 aliphatic heterocycles. The lowest BCUT2D eigenvalue weighted by molar-refractivity contribution is 0.0951. The van der Waals surface area contributed by atoms with Crippen molar-refractivity contribution in [3.63, 3.8) is 0 Å². The van der Waals surface area contributed by atoms with Gasteiger partial charge >= 0.3 is 0 Å². The molecule has 0 aliphatic rings. The summed E-state index contributed by atoms with van der Waals surface area (Å²) in [5.41, 5.74) is 3.26. The van der Waals surface area contributed by atoms with Crippen molar-refractivity contribution in [2.45, 2.75) is 13.5 Å². The van der Waals surface area contributed by atoms with Crippen LogP contribution in [0.15, 0.2) is 66.0 Å². The standard InChI is InChI=1S/C21H20N2O2S/c1-15-7-5-8-16(13-15)14-22-20(24)17-9-3-4-10-18(17)23(2)21(25)19-11-6-12-26-19/h3-13H,14H2,1-2H3,(H,22,24). The third kappa shape index (κ3) is 4.00. The van der Waals surface area contributed by atoms with Crippen LogP contribution in [0.25, 0.3) is 0 Å². The molecule has 1 N–H and O–H groups in total. The third-order valence-electron chi connectivity index (χ3n) is 4.08. The van der Waals surface area contributed by atoms with Crippen LogP contribution < -0.4 is 10.2 Å². The zero-order valence-electron chi connectivity index (χ0n) is 14.7. The molecule has 5 heteroatoms. The van der Waals surface area contributed by atoms with Crippen molar-refractivity contribution in [2.24, 2.45) is 0 Å². The van der Waals surface area contributed by atoms with E-state index in [0.717, 1.165) is 11.1 Å². The first-order valence-electron chi connectivity index (χ1n) is 8.30. The quantitative estimate of drug-likeness (QED) is 0.735. The summed E-state index contributed by atoms with van der Waals surface area (Å²) in [5.74, 6) is -0.327. The SMILES string of the molecule is Cc1cccc(CNC(=O)c2ccccc2N(C)C(=O)c2cccs2)c1. The van der Waals surface area contributed by atoms with E-state index < -0.39 is 0 Å². The average Bonchev–Trinajstić information content (AvgIpc) is 3.20. The zero-order chi connectivity index (χ0) is 18.5. The van der Waals surface area contributed by atoms with Crippen LogP contribution in [0.5, 0.6) is 0 Å². The first kappa shape index (κ1) is 17.9. The number of hydrogen-bond donors (Lipinski definition) is 1. The molecule has 1 heterocycles. The van der Waals surface area contributed by atoms with Gasteiger partial charge < -0.3 is 10.2 Å². The number of carbonyl (C=O) groups excluding carboxylic acids is 2. The molecule has 0 bridgehead atoms. The van der Waals surface area contributed by atoms with Gasteiger partial charge in [0.2, 0.25) is 0 Å². The summed E-state index contributed by atoms with van der Waals surface area (Å²) in [6.45, 7) is 2.46. The number of thiophene rings is 1. The lowest BCUT2D eigenvalue weighted by Gasteiger charge is -2.20. The number of benzene rings is 2. The Morgan fingerprint density at radius 2 is 1.85 bits per heavy atom. The number of para-hydroxylation sites is 1. The molecular formula is C21H20N2O2S. The average molecular weight is 364 g/mol. The zero-order valence-corrected chi connectivity index (χ0v) is 15.5. The molecule has 3 rings (SSSR count). The minimum atomic E-state index is -0.201. The number of nitrogens with one attached hydrogen (secondary N) is 1. The van der Waals surface area contributed by atoms with E-state index in [0.29, 0.717) is 22.7 Å². The van der Waals surface area contributed by atoms with Crippen molar-refractivity contribution >= 4 is 28.8 Å². The molecule has 0 unspecified atom stereocenters. The first-order chi connectivity index (χ1) is 12.6. The maximum atomic E-state index is 12.7. The second-order valence-electron chi connectivity index (χ2n) is 6.03. The van der Waals surface area contributed by atoms with E-state index in [1.165, 1.54) is 16.2 Å². The molecular weight excluding hydrogens is 344 g/mol. The second kappa shape index (κ2) is 7.97. The highest BCUT2D eigenvalue weighted by molar-refractivity contribution is 7.12. The second-order valence-corrected chi connectivity index (χ2v) is 6.98. The molecule has 0 saturated heterocycles. The van der Waals surface area contributed by atoms with Crippen LogP contribution >= 0.6 is 11.3 Å². The van der Waals surface area contributed by atoms with E-state index in [4.69, 9.17) is 0 Å². The number of rotatable bonds is 5. The Morgan fingerprint density at radius 3 is 2.58 bits per heavy atom. The van der Waals surface area contributed by atoms with Gasteiger partial charge in [-0.15, -0.1) is 11.3 Å². The van der Waals surface area contributed by atoms with E-state index in [1.54, 1.807) is 31.3 Å². The van der Waals surface area contributed by atoms with Gasteiger partial charge in [0.25, 0.3) is 11.8 Å². The highest BCUT2D eigenvalue weighted by Crippen LogP contribution is 2.22. The predicted octanol–water partition coefficient (Wildman–Crippen LogP) is 4.26. The summed E-state index contributed by atoms with van der Waals surface area (Å²) in [6, 6.07) is 18.8. The first-order valence-corrected chi connectivity index (χ1v) is 9.18. The Labute approximate surface area is 157 Å². The molecule has 0 saturated carbocycles. The summed E-state index contributed by atoms with van der Waals surface area (Å²) in [6.07, 6.45) is 0. The van der Waals surface area contributed by atoms with Gasteiger partial charge in [-0.25, -0.2) is 0 Å². The largest absolute Gasteiger partial charge is 0.348 e. The summed E-state index contributed by atoms with van der Waals surface area (Å²) in [4.78, 5) is 27.5. The Balaban J connectivity index is 1.78. The lowest BCUT2D eigenvalue weighted by Crippen LogP contribution is -2.30. The molecule has 0 fully saturated rings. The molecule has 0 atom stereocenters. The lowest BCUT2D eigenvalue weighted by atomic mass is 10.1.